The zero-order valence-electron chi connectivity index (χ0n) is 14.1. The van der Waals surface area contributed by atoms with Gasteiger partial charge in [0.25, 0.3) is 5.91 Å². The van der Waals surface area contributed by atoms with Crippen LogP contribution in [0.1, 0.15) is 20.3 Å². The number of nitrogens with zero attached hydrogens (tertiary/aromatic N) is 3. The summed E-state index contributed by atoms with van der Waals surface area (Å²) < 4.78 is 11.1. The standard InChI is InChI=1S/C17H17N3O4S/c1-4-24-10(2)15-12(9-14(21)23-3)19-20(16(15)22)17-18-11-7-5-6-8-13(11)25-17/h5-8H,4,9H2,1-3H3. The first-order valence-corrected chi connectivity index (χ1v) is 8.55. The number of anilines is 1. The molecule has 0 aliphatic carbocycles. The molecule has 1 amide bonds. The van der Waals surface area contributed by atoms with Gasteiger partial charge in [0.2, 0.25) is 5.13 Å². The number of fused-ring (bicyclic) bond motifs is 1. The molecule has 1 aromatic carbocycles. The molecule has 0 N–H and O–H groups in total. The minimum Gasteiger partial charge on any atom is -0.498 e. The predicted octanol–water partition coefficient (Wildman–Crippen LogP) is 2.87. The molecule has 0 spiro atoms. The van der Waals surface area contributed by atoms with Crippen molar-refractivity contribution in [3.63, 3.8) is 0 Å². The van der Waals surface area contributed by atoms with Crippen molar-refractivity contribution >= 4 is 44.3 Å². The van der Waals surface area contributed by atoms with Crippen LogP contribution in [-0.2, 0) is 19.1 Å². The summed E-state index contributed by atoms with van der Waals surface area (Å²) in [5.74, 6) is -0.401. The number of methoxy groups -OCH3 is 1. The molecule has 2 aromatic rings. The first-order valence-electron chi connectivity index (χ1n) is 7.73. The third-order valence-corrected chi connectivity index (χ3v) is 4.64. The van der Waals surface area contributed by atoms with Gasteiger partial charge in [0, 0.05) is 0 Å². The fourth-order valence-electron chi connectivity index (χ4n) is 2.50. The molecule has 25 heavy (non-hydrogen) atoms. The molecule has 130 valence electrons. The minimum absolute atomic E-state index is 0.108. The highest BCUT2D eigenvalue weighted by molar-refractivity contribution is 7.22. The van der Waals surface area contributed by atoms with E-state index in [4.69, 9.17) is 9.47 Å². The second kappa shape index (κ2) is 7.02. The third kappa shape index (κ3) is 3.25. The van der Waals surface area contributed by atoms with E-state index in [1.54, 1.807) is 6.92 Å². The zero-order valence-corrected chi connectivity index (χ0v) is 14.9. The summed E-state index contributed by atoms with van der Waals surface area (Å²) in [6, 6.07) is 7.59. The van der Waals surface area contributed by atoms with Gasteiger partial charge < -0.3 is 9.47 Å². The number of esters is 1. The third-order valence-electron chi connectivity index (χ3n) is 3.63. The van der Waals surface area contributed by atoms with Gasteiger partial charge in [-0.15, -0.1) is 0 Å². The number of para-hydroxylation sites is 1. The Morgan fingerprint density at radius 1 is 1.32 bits per heavy atom. The lowest BCUT2D eigenvalue weighted by molar-refractivity contribution is -0.139. The molecular formula is C17H17N3O4S. The Morgan fingerprint density at radius 3 is 2.76 bits per heavy atom. The van der Waals surface area contributed by atoms with Crippen LogP contribution in [0.3, 0.4) is 0 Å². The summed E-state index contributed by atoms with van der Waals surface area (Å²) in [4.78, 5) is 29.0. The number of rotatable bonds is 5. The van der Waals surface area contributed by atoms with Crippen LogP contribution < -0.4 is 5.01 Å². The molecule has 0 saturated heterocycles. The summed E-state index contributed by atoms with van der Waals surface area (Å²) >= 11 is 1.36. The van der Waals surface area contributed by atoms with Crippen LogP contribution in [0.15, 0.2) is 40.7 Å². The molecule has 0 radical (unpaired) electrons. The maximum absolute atomic E-state index is 12.9. The Kier molecular flexibility index (Phi) is 4.80. The second-order valence-electron chi connectivity index (χ2n) is 5.24. The van der Waals surface area contributed by atoms with Crippen molar-refractivity contribution < 1.29 is 19.1 Å². The second-order valence-corrected chi connectivity index (χ2v) is 6.25. The molecule has 0 fully saturated rings. The van der Waals surface area contributed by atoms with Crippen LogP contribution in [0.25, 0.3) is 10.2 Å². The molecule has 0 atom stereocenters. The highest BCUT2D eigenvalue weighted by Gasteiger charge is 2.36. The molecule has 1 aliphatic rings. The number of ether oxygens (including phenoxy) is 2. The molecule has 0 bridgehead atoms. The summed E-state index contributed by atoms with van der Waals surface area (Å²) in [5.41, 5.74) is 1.40. The zero-order chi connectivity index (χ0) is 18.0. The number of amides is 1. The largest absolute Gasteiger partial charge is 0.498 e. The molecule has 1 aliphatic heterocycles. The fourth-order valence-corrected chi connectivity index (χ4v) is 3.42. The van der Waals surface area contributed by atoms with Crippen LogP contribution >= 0.6 is 11.3 Å². The van der Waals surface area contributed by atoms with Gasteiger partial charge >= 0.3 is 5.97 Å². The molecule has 1 aromatic heterocycles. The van der Waals surface area contributed by atoms with Gasteiger partial charge in [0.1, 0.15) is 11.3 Å². The predicted molar refractivity (Wildman–Crippen MR) is 95.5 cm³/mol. The van der Waals surface area contributed by atoms with Crippen molar-refractivity contribution in [3.8, 4) is 0 Å². The van der Waals surface area contributed by atoms with Crippen molar-refractivity contribution in [2.75, 3.05) is 18.7 Å². The Balaban J connectivity index is 2.03. The normalized spacial score (nSPS) is 16.2. The molecule has 7 nitrogen and oxygen atoms in total. The Bertz CT molecular complexity index is 867. The van der Waals surface area contributed by atoms with Crippen molar-refractivity contribution in [2.24, 2.45) is 5.10 Å². The van der Waals surface area contributed by atoms with E-state index in [-0.39, 0.29) is 17.9 Å². The van der Waals surface area contributed by atoms with Gasteiger partial charge in [-0.05, 0) is 26.0 Å². The molecule has 2 heterocycles. The number of benzene rings is 1. The Labute approximate surface area is 148 Å². The van der Waals surface area contributed by atoms with Gasteiger partial charge in [0.05, 0.1) is 36.1 Å². The van der Waals surface area contributed by atoms with Crippen LogP contribution in [0.2, 0.25) is 0 Å². The molecule has 0 saturated carbocycles. The van der Waals surface area contributed by atoms with Crippen LogP contribution in [0.4, 0.5) is 5.13 Å². The number of aromatic nitrogens is 1. The van der Waals surface area contributed by atoms with Gasteiger partial charge in [-0.3, -0.25) is 9.59 Å². The van der Waals surface area contributed by atoms with Gasteiger partial charge in [0.15, 0.2) is 0 Å². The number of hydrogen-bond donors (Lipinski definition) is 0. The van der Waals surface area contributed by atoms with Crippen LogP contribution in [0.5, 0.6) is 0 Å². The lowest BCUT2D eigenvalue weighted by Gasteiger charge is -2.09. The highest BCUT2D eigenvalue weighted by atomic mass is 32.1. The maximum atomic E-state index is 12.9. The summed E-state index contributed by atoms with van der Waals surface area (Å²) in [6.07, 6.45) is -0.108. The first kappa shape index (κ1) is 17.1. The van der Waals surface area contributed by atoms with Crippen molar-refractivity contribution in [1.29, 1.82) is 0 Å². The summed E-state index contributed by atoms with van der Waals surface area (Å²) in [7, 11) is 1.30. The molecule has 8 heteroatoms. The SMILES string of the molecule is CCOC(C)=C1C(=O)N(c2nc3ccccc3s2)N=C1CC(=O)OC. The quantitative estimate of drug-likeness (QED) is 0.466. The van der Waals surface area contributed by atoms with E-state index in [1.807, 2.05) is 31.2 Å². The van der Waals surface area contributed by atoms with Gasteiger partial charge in [-0.2, -0.15) is 10.1 Å². The lowest BCUT2D eigenvalue weighted by atomic mass is 10.1. The van der Waals surface area contributed by atoms with Crippen molar-refractivity contribution in [1.82, 2.24) is 4.98 Å². The number of hydrazone groups is 1. The lowest BCUT2D eigenvalue weighted by Crippen LogP contribution is -2.22. The summed E-state index contributed by atoms with van der Waals surface area (Å²) in [6.45, 7) is 3.92. The first-order chi connectivity index (χ1) is 12.0. The van der Waals surface area contributed by atoms with Crippen LogP contribution in [-0.4, -0.2) is 36.3 Å². The minimum atomic E-state index is -0.473. The van der Waals surface area contributed by atoms with E-state index in [2.05, 4.69) is 10.1 Å². The van der Waals surface area contributed by atoms with E-state index in [0.29, 0.717) is 23.2 Å². The maximum Gasteiger partial charge on any atom is 0.311 e. The average molecular weight is 359 g/mol. The number of carbonyl (C=O) groups is 2. The van der Waals surface area contributed by atoms with E-state index >= 15 is 0 Å². The van der Waals surface area contributed by atoms with Crippen molar-refractivity contribution in [3.05, 3.63) is 35.6 Å². The Hall–Kier alpha value is -2.74. The number of thiazole rings is 1. The monoisotopic (exact) mass is 359 g/mol. The fraction of sp³-hybridized carbons (Fsp3) is 0.294. The van der Waals surface area contributed by atoms with E-state index < -0.39 is 5.97 Å². The Morgan fingerprint density at radius 2 is 2.08 bits per heavy atom. The van der Waals surface area contributed by atoms with Gasteiger partial charge in [-0.25, -0.2) is 4.98 Å². The number of allylic oxidation sites excluding steroid dienone is 1. The topological polar surface area (TPSA) is 81.1 Å². The van der Waals surface area contributed by atoms with E-state index in [0.717, 1.165) is 10.2 Å². The number of carbonyl (C=O) groups excluding carboxylic acids is 2. The van der Waals surface area contributed by atoms with E-state index in [9.17, 15) is 9.59 Å². The summed E-state index contributed by atoms with van der Waals surface area (Å²) in [5, 5.41) is 5.99. The van der Waals surface area contributed by atoms with Crippen molar-refractivity contribution in [2.45, 2.75) is 20.3 Å². The molecular weight excluding hydrogens is 342 g/mol. The van der Waals surface area contributed by atoms with E-state index in [1.165, 1.54) is 23.5 Å². The molecule has 0 unspecified atom stereocenters. The average Bonchev–Trinajstić information content (AvgIpc) is 3.15. The van der Waals surface area contributed by atoms with Gasteiger partial charge in [-0.1, -0.05) is 23.5 Å². The molecule has 3 rings (SSSR count). The smallest absolute Gasteiger partial charge is 0.311 e. The number of hydrogen-bond acceptors (Lipinski definition) is 7. The van der Waals surface area contributed by atoms with Crippen LogP contribution in [0, 0.1) is 0 Å². The highest BCUT2D eigenvalue weighted by Crippen LogP contribution is 2.33.